The van der Waals surface area contributed by atoms with E-state index in [0.29, 0.717) is 0 Å². The van der Waals surface area contributed by atoms with Gasteiger partial charge in [0.05, 0.1) is 23.0 Å². The molecule has 0 atom stereocenters. The second-order valence-corrected chi connectivity index (χ2v) is 9.90. The van der Waals surface area contributed by atoms with Crippen molar-refractivity contribution < 1.29 is 30.0 Å². The maximum absolute atomic E-state index is 10.0. The summed E-state index contributed by atoms with van der Waals surface area (Å²) in [5.74, 6) is -1.24. The number of carboxylic acid groups (broad SMARTS) is 1. The molecule has 0 N–H and O–H groups in total. The van der Waals surface area contributed by atoms with Crippen LogP contribution in [0.3, 0.4) is 0 Å². The Morgan fingerprint density at radius 1 is 0.636 bits per heavy atom. The molecule has 0 saturated carbocycles. The van der Waals surface area contributed by atoms with E-state index < -0.39 is 5.97 Å². The first-order chi connectivity index (χ1) is 20.8. The molecule has 7 aromatic rings. The zero-order chi connectivity index (χ0) is 30.3. The number of rotatable bonds is 3. The number of aromatic nitrogens is 7. The predicted octanol–water partition coefficient (Wildman–Crippen LogP) is 5.12. The molecule has 3 heterocycles. The minimum absolute atomic E-state index is 0. The summed E-state index contributed by atoms with van der Waals surface area (Å²) >= 11 is 0. The van der Waals surface area contributed by atoms with Crippen molar-refractivity contribution in [3.8, 4) is 11.4 Å². The SMILES string of the molecule is Cc1ccc(-n2nc3c[c-]cc(C)c3n2)cc1.Cc1ccc(-n2nc3c[c-]cc(C)c3n2)cc1.O=C([O-])c1ccccn1.[Ir+3]. The monoisotopic (exact) mass is 759 g/mol. The molecule has 4 aromatic carbocycles. The fourth-order valence-corrected chi connectivity index (χ4v) is 4.09. The number of carboxylic acids is 1. The molecule has 0 aliphatic carbocycles. The second-order valence-electron chi connectivity index (χ2n) is 9.90. The number of aryl methyl sites for hydroxylation is 4. The van der Waals surface area contributed by atoms with Gasteiger partial charge in [-0.3, -0.25) is 4.98 Å². The van der Waals surface area contributed by atoms with Crippen LogP contribution in [-0.2, 0) is 20.1 Å². The van der Waals surface area contributed by atoms with Gasteiger partial charge in [0.25, 0.3) is 0 Å². The maximum Gasteiger partial charge on any atom is 3.00 e. The Balaban J connectivity index is 0.000000156. The van der Waals surface area contributed by atoms with Crippen LogP contribution in [0.4, 0.5) is 0 Å². The van der Waals surface area contributed by atoms with E-state index >= 15 is 0 Å². The normalized spacial score (nSPS) is 10.3. The van der Waals surface area contributed by atoms with Gasteiger partial charge in [-0.15, -0.1) is 23.3 Å². The van der Waals surface area contributed by atoms with Gasteiger partial charge in [-0.2, -0.15) is 44.1 Å². The number of fused-ring (bicyclic) bond motifs is 2. The van der Waals surface area contributed by atoms with Crippen LogP contribution < -0.4 is 5.11 Å². The van der Waals surface area contributed by atoms with Crippen molar-refractivity contribution in [3.05, 3.63) is 137 Å². The molecule has 9 nitrogen and oxygen atoms in total. The third-order valence-corrected chi connectivity index (χ3v) is 6.47. The molecule has 0 spiro atoms. The van der Waals surface area contributed by atoms with Crippen LogP contribution in [-0.4, -0.2) is 40.9 Å². The molecule has 44 heavy (non-hydrogen) atoms. The molecular weight excluding hydrogens is 731 g/mol. The van der Waals surface area contributed by atoms with Gasteiger partial charge in [-0.05, 0) is 50.2 Å². The molecule has 0 amide bonds. The quantitative estimate of drug-likeness (QED) is 0.230. The van der Waals surface area contributed by atoms with Gasteiger partial charge in [0.2, 0.25) is 0 Å². The van der Waals surface area contributed by atoms with Crippen molar-refractivity contribution in [1.82, 2.24) is 35.0 Å². The molecular formula is C34H28IrN7O2. The Morgan fingerprint density at radius 3 is 1.43 bits per heavy atom. The molecule has 0 unspecified atom stereocenters. The first-order valence-electron chi connectivity index (χ1n) is 13.5. The van der Waals surface area contributed by atoms with Crippen molar-refractivity contribution >= 4 is 28.0 Å². The van der Waals surface area contributed by atoms with E-state index in [9.17, 15) is 9.90 Å². The maximum atomic E-state index is 10.0. The number of pyridine rings is 1. The molecule has 3 aromatic heterocycles. The van der Waals surface area contributed by atoms with E-state index in [1.165, 1.54) is 23.4 Å². The number of aromatic carboxylic acids is 1. The molecule has 0 aliphatic rings. The van der Waals surface area contributed by atoms with Gasteiger partial charge < -0.3 is 9.90 Å². The summed E-state index contributed by atoms with van der Waals surface area (Å²) in [5.41, 5.74) is 10.2. The topological polar surface area (TPSA) is 114 Å². The van der Waals surface area contributed by atoms with E-state index in [4.69, 9.17) is 0 Å². The Morgan fingerprint density at radius 2 is 1.09 bits per heavy atom. The number of carbonyl (C=O) groups excluding carboxylic acids is 1. The van der Waals surface area contributed by atoms with Crippen molar-refractivity contribution in [2.75, 3.05) is 0 Å². The van der Waals surface area contributed by atoms with Crippen LogP contribution in [0.15, 0.2) is 97.2 Å². The van der Waals surface area contributed by atoms with Crippen LogP contribution in [0.2, 0.25) is 0 Å². The summed E-state index contributed by atoms with van der Waals surface area (Å²) in [4.78, 5) is 16.9. The van der Waals surface area contributed by atoms with E-state index in [0.717, 1.165) is 44.6 Å². The Hall–Kier alpha value is -5.05. The Labute approximate surface area is 268 Å². The standard InChI is InChI=1S/2C14H12N3.C6H5NO2.Ir/c2*1-10-6-8-12(9-7-10)17-15-13-5-3-4-11(2)14(13)16-17;8-6(9)5-3-1-2-4-7-5;/h2*4-9H,1-2H3;1-4H,(H,8,9);/q2*-1;;+3/p-1. The van der Waals surface area contributed by atoms with Crippen molar-refractivity contribution in [2.24, 2.45) is 0 Å². The summed E-state index contributed by atoms with van der Waals surface area (Å²) in [7, 11) is 0. The third kappa shape index (κ3) is 7.66. The number of benzene rings is 4. The molecule has 0 fully saturated rings. The zero-order valence-electron chi connectivity index (χ0n) is 24.5. The fourth-order valence-electron chi connectivity index (χ4n) is 4.09. The number of nitrogens with zero attached hydrogens (tertiary/aromatic N) is 7. The van der Waals surface area contributed by atoms with E-state index in [-0.39, 0.29) is 25.8 Å². The largest absolute Gasteiger partial charge is 3.00 e. The van der Waals surface area contributed by atoms with Crippen LogP contribution in [0, 0.1) is 39.8 Å². The summed E-state index contributed by atoms with van der Waals surface area (Å²) in [6.07, 6.45) is 1.41. The molecule has 0 aliphatic heterocycles. The van der Waals surface area contributed by atoms with Gasteiger partial charge in [0.15, 0.2) is 0 Å². The minimum Gasteiger partial charge on any atom is -0.543 e. The first-order valence-corrected chi connectivity index (χ1v) is 13.5. The summed E-state index contributed by atoms with van der Waals surface area (Å²) in [6.45, 7) is 8.17. The van der Waals surface area contributed by atoms with Gasteiger partial charge in [-0.25, -0.2) is 10.2 Å². The first kappa shape index (κ1) is 31.9. The predicted molar refractivity (Wildman–Crippen MR) is 163 cm³/mol. The summed E-state index contributed by atoms with van der Waals surface area (Å²) in [6, 6.07) is 34.6. The summed E-state index contributed by atoms with van der Waals surface area (Å²) in [5, 5.41) is 27.9. The number of carbonyl (C=O) groups is 1. The molecule has 0 saturated heterocycles. The molecule has 220 valence electrons. The number of hydrogen-bond donors (Lipinski definition) is 0. The Bertz CT molecular complexity index is 1860. The molecule has 0 bridgehead atoms. The van der Waals surface area contributed by atoms with Crippen LogP contribution in [0.25, 0.3) is 33.4 Å². The van der Waals surface area contributed by atoms with E-state index in [2.05, 4.69) is 75.6 Å². The van der Waals surface area contributed by atoms with Crippen molar-refractivity contribution in [1.29, 1.82) is 0 Å². The summed E-state index contributed by atoms with van der Waals surface area (Å²) < 4.78 is 0. The fraction of sp³-hybridized carbons (Fsp3) is 0.118. The Kier molecular flexibility index (Phi) is 10.4. The third-order valence-electron chi connectivity index (χ3n) is 6.47. The van der Waals surface area contributed by atoms with Gasteiger partial charge in [-0.1, -0.05) is 55.3 Å². The minimum atomic E-state index is -1.24. The second kappa shape index (κ2) is 14.4. The smallest absolute Gasteiger partial charge is 0.543 e. The van der Waals surface area contributed by atoms with Crippen LogP contribution in [0.1, 0.15) is 32.7 Å². The van der Waals surface area contributed by atoms with Gasteiger partial charge in [0, 0.05) is 28.3 Å². The van der Waals surface area contributed by atoms with Crippen LogP contribution >= 0.6 is 0 Å². The van der Waals surface area contributed by atoms with Crippen molar-refractivity contribution in [3.63, 3.8) is 0 Å². The number of hydrogen-bond acceptors (Lipinski definition) is 7. The van der Waals surface area contributed by atoms with Gasteiger partial charge >= 0.3 is 20.1 Å². The van der Waals surface area contributed by atoms with Crippen molar-refractivity contribution in [2.45, 2.75) is 27.7 Å². The molecule has 0 radical (unpaired) electrons. The average Bonchev–Trinajstić information content (AvgIpc) is 3.66. The van der Waals surface area contributed by atoms with E-state index in [1.54, 1.807) is 21.7 Å². The molecule has 10 heteroatoms. The molecule has 7 rings (SSSR count). The van der Waals surface area contributed by atoms with Gasteiger partial charge in [0.1, 0.15) is 0 Å². The van der Waals surface area contributed by atoms with Crippen LogP contribution in [0.5, 0.6) is 0 Å². The zero-order valence-corrected chi connectivity index (χ0v) is 26.9. The average molecular weight is 759 g/mol. The van der Waals surface area contributed by atoms with E-state index in [1.807, 2.05) is 62.4 Å².